The zero-order valence-corrected chi connectivity index (χ0v) is 17.9. The van der Waals surface area contributed by atoms with E-state index in [1.807, 2.05) is 18.2 Å². The van der Waals surface area contributed by atoms with Crippen LogP contribution in [0.1, 0.15) is 11.1 Å². The highest BCUT2D eigenvalue weighted by molar-refractivity contribution is 7.99. The van der Waals surface area contributed by atoms with Crippen molar-refractivity contribution < 1.29 is 4.79 Å². The Morgan fingerprint density at radius 3 is 2.76 bits per heavy atom. The molecule has 3 rings (SSSR count). The van der Waals surface area contributed by atoms with Crippen LogP contribution in [0.2, 0.25) is 15.1 Å². The standard InChI is InChI=1S/C18H15Cl3N6OS/c19-13-4-2-1-3-12(13)9-23-25-17-24-18(27-26-17)29-10-16(28)22-8-11-5-6-14(20)15(21)7-11/h1-7,9H,8,10H2,(H,22,28)(H2,24,25,26,27)/b23-9-. The maximum absolute atomic E-state index is 12.0. The minimum Gasteiger partial charge on any atom is -0.351 e. The molecule has 0 bridgehead atoms. The maximum atomic E-state index is 12.0. The van der Waals surface area contributed by atoms with Gasteiger partial charge in [0.25, 0.3) is 0 Å². The molecule has 11 heteroatoms. The van der Waals surface area contributed by atoms with E-state index in [9.17, 15) is 4.79 Å². The molecule has 0 saturated carbocycles. The van der Waals surface area contributed by atoms with Crippen molar-refractivity contribution in [1.29, 1.82) is 0 Å². The van der Waals surface area contributed by atoms with Crippen molar-refractivity contribution in [2.45, 2.75) is 11.7 Å². The first-order valence-electron chi connectivity index (χ1n) is 8.30. The molecular formula is C18H15Cl3N6OS. The summed E-state index contributed by atoms with van der Waals surface area (Å²) in [6, 6.07) is 12.5. The van der Waals surface area contributed by atoms with Crippen molar-refractivity contribution in [2.75, 3.05) is 11.2 Å². The Bertz CT molecular complexity index is 1030. The minimum absolute atomic E-state index is 0.155. The SMILES string of the molecule is O=C(CSc1n[nH]c(N/N=C\c2ccccc2Cl)n1)NCc1ccc(Cl)c(Cl)c1. The number of thioether (sulfide) groups is 1. The number of hydrogen-bond donors (Lipinski definition) is 3. The summed E-state index contributed by atoms with van der Waals surface area (Å²) >= 11 is 19.1. The number of rotatable bonds is 8. The molecule has 0 spiro atoms. The van der Waals surface area contributed by atoms with Crippen molar-refractivity contribution >= 4 is 64.6 Å². The summed E-state index contributed by atoms with van der Waals surface area (Å²) in [5, 5.41) is 15.5. The van der Waals surface area contributed by atoms with E-state index in [0.717, 1.165) is 11.1 Å². The van der Waals surface area contributed by atoms with Crippen LogP contribution in [0.4, 0.5) is 5.95 Å². The van der Waals surface area contributed by atoms with Gasteiger partial charge in [-0.3, -0.25) is 4.79 Å². The van der Waals surface area contributed by atoms with E-state index in [1.165, 1.54) is 11.8 Å². The van der Waals surface area contributed by atoms with Crippen molar-refractivity contribution in [3.05, 3.63) is 68.7 Å². The fourth-order valence-corrected chi connectivity index (χ4v) is 3.27. The van der Waals surface area contributed by atoms with Gasteiger partial charge in [0, 0.05) is 17.1 Å². The van der Waals surface area contributed by atoms with Gasteiger partial charge < -0.3 is 5.32 Å². The summed E-state index contributed by atoms with van der Waals surface area (Å²) in [5.41, 5.74) is 4.36. The monoisotopic (exact) mass is 468 g/mol. The lowest BCUT2D eigenvalue weighted by atomic mass is 10.2. The molecule has 0 atom stereocenters. The number of H-pyrrole nitrogens is 1. The zero-order chi connectivity index (χ0) is 20.6. The van der Waals surface area contributed by atoms with Crippen LogP contribution in [0.15, 0.2) is 52.7 Å². The molecule has 1 aromatic heterocycles. The van der Waals surface area contributed by atoms with Gasteiger partial charge in [0.15, 0.2) is 0 Å². The number of hydrogen-bond acceptors (Lipinski definition) is 6. The fraction of sp³-hybridized carbons (Fsp3) is 0.111. The Morgan fingerprint density at radius 1 is 1.14 bits per heavy atom. The van der Waals surface area contributed by atoms with Gasteiger partial charge in [-0.2, -0.15) is 10.1 Å². The van der Waals surface area contributed by atoms with E-state index in [0.29, 0.717) is 32.7 Å². The van der Waals surface area contributed by atoms with Crippen LogP contribution in [0.5, 0.6) is 0 Å². The predicted molar refractivity (Wildman–Crippen MR) is 118 cm³/mol. The molecule has 29 heavy (non-hydrogen) atoms. The third-order valence-electron chi connectivity index (χ3n) is 3.55. The van der Waals surface area contributed by atoms with Crippen LogP contribution in [0, 0.1) is 0 Å². The number of hydrazone groups is 1. The van der Waals surface area contributed by atoms with Gasteiger partial charge in [-0.25, -0.2) is 10.5 Å². The van der Waals surface area contributed by atoms with Crippen LogP contribution >= 0.6 is 46.6 Å². The Balaban J connectivity index is 1.43. The fourth-order valence-electron chi connectivity index (χ4n) is 2.14. The Kier molecular flexibility index (Phi) is 7.76. The molecule has 3 N–H and O–H groups in total. The molecule has 0 radical (unpaired) electrons. The molecule has 1 amide bonds. The number of benzene rings is 2. The molecule has 0 saturated heterocycles. The summed E-state index contributed by atoms with van der Waals surface area (Å²) in [5.74, 6) is 0.366. The second-order valence-corrected chi connectivity index (χ2v) is 7.84. The van der Waals surface area contributed by atoms with Crippen LogP contribution < -0.4 is 10.7 Å². The molecule has 0 unspecified atom stereocenters. The second kappa shape index (κ2) is 10.5. The van der Waals surface area contributed by atoms with E-state index in [-0.39, 0.29) is 11.7 Å². The molecule has 1 heterocycles. The van der Waals surface area contributed by atoms with Crippen molar-refractivity contribution in [2.24, 2.45) is 5.10 Å². The number of carbonyl (C=O) groups excluding carboxylic acids is 1. The molecular weight excluding hydrogens is 455 g/mol. The summed E-state index contributed by atoms with van der Waals surface area (Å²) < 4.78 is 0. The van der Waals surface area contributed by atoms with Gasteiger partial charge >= 0.3 is 0 Å². The third-order valence-corrected chi connectivity index (χ3v) is 5.48. The first kappa shape index (κ1) is 21.4. The highest BCUT2D eigenvalue weighted by atomic mass is 35.5. The van der Waals surface area contributed by atoms with Gasteiger partial charge in [0.1, 0.15) is 0 Å². The summed E-state index contributed by atoms with van der Waals surface area (Å²) in [4.78, 5) is 16.2. The quantitative estimate of drug-likeness (QED) is 0.254. The normalized spacial score (nSPS) is 11.0. The number of anilines is 1. The summed E-state index contributed by atoms with van der Waals surface area (Å²) in [6.07, 6.45) is 1.58. The zero-order valence-electron chi connectivity index (χ0n) is 14.8. The Morgan fingerprint density at radius 2 is 1.97 bits per heavy atom. The van der Waals surface area contributed by atoms with E-state index in [1.54, 1.807) is 30.5 Å². The van der Waals surface area contributed by atoms with E-state index >= 15 is 0 Å². The number of nitrogens with zero attached hydrogens (tertiary/aromatic N) is 3. The highest BCUT2D eigenvalue weighted by Crippen LogP contribution is 2.22. The summed E-state index contributed by atoms with van der Waals surface area (Å²) in [7, 11) is 0. The van der Waals surface area contributed by atoms with Crippen LogP contribution in [0.25, 0.3) is 0 Å². The number of aromatic amines is 1. The maximum Gasteiger partial charge on any atom is 0.240 e. The van der Waals surface area contributed by atoms with Gasteiger partial charge in [-0.15, -0.1) is 5.10 Å². The average molecular weight is 470 g/mol. The Hall–Kier alpha value is -2.26. The number of nitrogens with one attached hydrogen (secondary N) is 3. The first-order chi connectivity index (χ1) is 14.0. The number of carbonyl (C=O) groups is 1. The number of halogens is 3. The van der Waals surface area contributed by atoms with Gasteiger partial charge in [-0.05, 0) is 23.8 Å². The molecule has 3 aromatic rings. The minimum atomic E-state index is -0.155. The van der Waals surface area contributed by atoms with Crippen LogP contribution in [-0.4, -0.2) is 33.1 Å². The van der Waals surface area contributed by atoms with Crippen molar-refractivity contribution in [3.63, 3.8) is 0 Å². The highest BCUT2D eigenvalue weighted by Gasteiger charge is 2.08. The molecule has 150 valence electrons. The Labute approximate surface area is 186 Å². The lowest BCUT2D eigenvalue weighted by molar-refractivity contribution is -0.118. The first-order valence-corrected chi connectivity index (χ1v) is 10.4. The number of aromatic nitrogens is 3. The topological polar surface area (TPSA) is 95.1 Å². The predicted octanol–water partition coefficient (Wildman–Crippen LogP) is 4.62. The molecule has 7 nitrogen and oxygen atoms in total. The van der Waals surface area contributed by atoms with Crippen LogP contribution in [-0.2, 0) is 11.3 Å². The average Bonchev–Trinajstić information content (AvgIpc) is 3.16. The smallest absolute Gasteiger partial charge is 0.240 e. The van der Waals surface area contributed by atoms with Gasteiger partial charge in [-0.1, -0.05) is 70.8 Å². The number of amides is 1. The third kappa shape index (κ3) is 6.64. The van der Waals surface area contributed by atoms with Gasteiger partial charge in [0.2, 0.25) is 17.0 Å². The summed E-state index contributed by atoms with van der Waals surface area (Å²) in [6.45, 7) is 0.355. The van der Waals surface area contributed by atoms with Crippen molar-refractivity contribution in [3.8, 4) is 0 Å². The molecule has 0 fully saturated rings. The van der Waals surface area contributed by atoms with Gasteiger partial charge in [0.05, 0.1) is 22.0 Å². The van der Waals surface area contributed by atoms with Crippen LogP contribution in [0.3, 0.4) is 0 Å². The molecule has 2 aromatic carbocycles. The van der Waals surface area contributed by atoms with E-state index < -0.39 is 0 Å². The largest absolute Gasteiger partial charge is 0.351 e. The second-order valence-electron chi connectivity index (χ2n) is 5.67. The van der Waals surface area contributed by atoms with E-state index in [4.69, 9.17) is 34.8 Å². The van der Waals surface area contributed by atoms with Crippen molar-refractivity contribution in [1.82, 2.24) is 20.5 Å². The molecule has 0 aliphatic rings. The lowest BCUT2D eigenvalue weighted by Crippen LogP contribution is -2.24. The van der Waals surface area contributed by atoms with E-state index in [2.05, 4.69) is 31.0 Å². The lowest BCUT2D eigenvalue weighted by Gasteiger charge is -2.05. The molecule has 0 aliphatic heterocycles. The molecule has 0 aliphatic carbocycles.